The number of likely N-dealkylation sites (N-methyl/N-ethyl adjacent to an activating group) is 1. The molecule has 1 aromatic carbocycles. The van der Waals surface area contributed by atoms with E-state index in [0.717, 1.165) is 4.90 Å². The minimum Gasteiger partial charge on any atom is -0.505 e. The molecule has 3 aliphatic carbocycles. The summed E-state index contributed by atoms with van der Waals surface area (Å²) in [6.45, 7) is -0.0284. The molecule has 0 spiro atoms. The normalized spacial score (nSPS) is 35.5. The number of phenols is 1. The molecular formula is C25H28BrN7O9. The Bertz CT molecular complexity index is 1490. The van der Waals surface area contributed by atoms with Gasteiger partial charge < -0.3 is 37.9 Å². The molecule has 2 amide bonds. The van der Waals surface area contributed by atoms with Crippen molar-refractivity contribution in [2.24, 2.45) is 40.2 Å². The molecule has 8 atom stereocenters. The number of fused-ring (bicyclic) bond motifs is 3. The first kappa shape index (κ1) is 31.2. The van der Waals surface area contributed by atoms with Crippen molar-refractivity contribution in [2.45, 2.75) is 29.3 Å². The molecule has 224 valence electrons. The van der Waals surface area contributed by atoms with Crippen LogP contribution in [-0.4, -0.2) is 99.5 Å². The summed E-state index contributed by atoms with van der Waals surface area (Å²) in [5, 5.41) is 35.8. The average Bonchev–Trinajstić information content (AvgIpc) is 2.90. The summed E-state index contributed by atoms with van der Waals surface area (Å²) in [6, 6.07) is 0.375. The van der Waals surface area contributed by atoms with Crippen LogP contribution in [0.25, 0.3) is 0 Å². The van der Waals surface area contributed by atoms with Gasteiger partial charge in [-0.1, -0.05) is 22.0 Å². The van der Waals surface area contributed by atoms with Gasteiger partial charge in [-0.15, -0.1) is 0 Å². The number of primary amides is 1. The Morgan fingerprint density at radius 1 is 1.19 bits per heavy atom. The van der Waals surface area contributed by atoms with E-state index in [0.29, 0.717) is 5.33 Å². The molecule has 0 heterocycles. The van der Waals surface area contributed by atoms with Crippen LogP contribution in [0.15, 0.2) is 12.1 Å². The third-order valence-corrected chi connectivity index (χ3v) is 8.78. The third kappa shape index (κ3) is 3.63. The monoisotopic (exact) mass is 649 g/mol. The quantitative estimate of drug-likeness (QED) is 0.0961. The fraction of sp³-hybridized carbons (Fsp3) is 0.480. The van der Waals surface area contributed by atoms with E-state index >= 15 is 0 Å². The second-order valence-corrected chi connectivity index (χ2v) is 11.5. The number of ketones is 4. The number of carbonyl (C=O) groups excluding carboxylic acids is 6. The first-order valence-corrected chi connectivity index (χ1v) is 13.5. The van der Waals surface area contributed by atoms with Gasteiger partial charge in [0.2, 0.25) is 5.91 Å². The predicted octanol–water partition coefficient (Wildman–Crippen LogP) is -2.82. The van der Waals surface area contributed by atoms with Gasteiger partial charge in [0.1, 0.15) is 18.3 Å². The van der Waals surface area contributed by atoms with Gasteiger partial charge in [-0.2, -0.15) is 5.26 Å². The van der Waals surface area contributed by atoms with Crippen LogP contribution in [0, 0.1) is 28.6 Å². The summed E-state index contributed by atoms with van der Waals surface area (Å²) in [4.78, 5) is 81.0. The number of rotatable bonds is 5. The van der Waals surface area contributed by atoms with Crippen LogP contribution in [0.4, 0.5) is 10.5 Å². The van der Waals surface area contributed by atoms with Crippen molar-refractivity contribution in [1.29, 1.82) is 5.26 Å². The van der Waals surface area contributed by atoms with Gasteiger partial charge >= 0.3 is 6.09 Å². The lowest BCUT2D eigenvalue weighted by atomic mass is 9.41. The smallest absolute Gasteiger partial charge is 0.411 e. The zero-order chi connectivity index (χ0) is 31.7. The number of alkyl halides is 1. The lowest BCUT2D eigenvalue weighted by Crippen LogP contribution is -2.92. The maximum atomic E-state index is 14.4. The molecular weight excluding hydrogens is 622 g/mol. The van der Waals surface area contributed by atoms with Gasteiger partial charge in [0.15, 0.2) is 34.5 Å². The number of amides is 2. The number of halogens is 1. The van der Waals surface area contributed by atoms with Crippen molar-refractivity contribution in [3.05, 3.63) is 23.3 Å². The highest BCUT2D eigenvalue weighted by molar-refractivity contribution is 9.09. The number of hydrogen-bond donors (Lipinski definition) is 7. The number of nitrogens with one attached hydrogen (secondary N) is 1. The minimum atomic E-state index is -3.18. The number of benzene rings is 1. The number of anilines is 1. The van der Waals surface area contributed by atoms with E-state index in [1.165, 1.54) is 32.3 Å². The summed E-state index contributed by atoms with van der Waals surface area (Å²) in [7, 11) is 2.58. The zero-order valence-corrected chi connectivity index (χ0v) is 23.9. The number of nitriles is 1. The van der Waals surface area contributed by atoms with Crippen LogP contribution in [0.1, 0.15) is 22.0 Å². The summed E-state index contributed by atoms with van der Waals surface area (Å²) in [5.74, 6) is -12.5. The Kier molecular flexibility index (Phi) is 7.55. The fourth-order valence-electron chi connectivity index (χ4n) is 6.63. The lowest BCUT2D eigenvalue weighted by molar-refractivity contribution is -0.181. The van der Waals surface area contributed by atoms with Gasteiger partial charge in [0, 0.05) is 5.33 Å². The van der Waals surface area contributed by atoms with Crippen molar-refractivity contribution in [3.8, 4) is 11.8 Å². The molecule has 2 fully saturated rings. The highest BCUT2D eigenvalue weighted by atomic mass is 79.9. The molecule has 0 aliphatic heterocycles. The van der Waals surface area contributed by atoms with Crippen molar-refractivity contribution in [3.63, 3.8) is 0 Å². The molecule has 0 bridgehead atoms. The van der Waals surface area contributed by atoms with Gasteiger partial charge in [0.05, 0.1) is 46.6 Å². The summed E-state index contributed by atoms with van der Waals surface area (Å²) >= 11 is 3.08. The molecule has 17 heteroatoms. The number of aliphatic hydroxyl groups excluding tert-OH is 1. The van der Waals surface area contributed by atoms with E-state index in [1.807, 2.05) is 0 Å². The van der Waals surface area contributed by atoms with Crippen molar-refractivity contribution < 1.29 is 43.7 Å². The Balaban J connectivity index is 1.99. The fourth-order valence-corrected chi connectivity index (χ4v) is 6.79. The highest BCUT2D eigenvalue weighted by Gasteiger charge is 2.83. The van der Waals surface area contributed by atoms with E-state index in [4.69, 9.17) is 27.7 Å². The van der Waals surface area contributed by atoms with Crippen molar-refractivity contribution >= 4 is 56.8 Å². The van der Waals surface area contributed by atoms with E-state index < -0.39 is 93.0 Å². The number of nitrogens with two attached hydrogens (primary N) is 4. The van der Waals surface area contributed by atoms with Gasteiger partial charge in [-0.05, 0) is 25.7 Å². The number of hydrogen-bond acceptors (Lipinski definition) is 14. The standard InChI is InChI=1S/C25H28BrN7O9/c1-33(2)17-15(36)11(20(29)39)18(37)23(7-27)19(38)12-14(35)10-8(16(28)24(12,30)21(40)25(17,23)31)3-4-9(13(10)34)32-22(41)42-6-5-26/h3-4,11-12,16-17,21,34,40H,5-6,28,30-31H2,1-2H3,(H2,29,39)(H,32,41)/t11?,12?,16-,17+,21-,23-,24+,25-/m0/s1. The maximum Gasteiger partial charge on any atom is 0.411 e. The topological polar surface area (TPSA) is 295 Å². The molecule has 0 aromatic heterocycles. The Morgan fingerprint density at radius 3 is 2.33 bits per heavy atom. The van der Waals surface area contributed by atoms with Gasteiger partial charge in [0.25, 0.3) is 0 Å². The van der Waals surface area contributed by atoms with E-state index in [-0.39, 0.29) is 17.9 Å². The molecule has 1 aromatic rings. The summed E-state index contributed by atoms with van der Waals surface area (Å²) in [6.07, 6.45) is -3.36. The van der Waals surface area contributed by atoms with E-state index in [1.54, 1.807) is 0 Å². The molecule has 2 saturated carbocycles. The molecule has 2 unspecified atom stereocenters. The lowest BCUT2D eigenvalue weighted by Gasteiger charge is -2.64. The second kappa shape index (κ2) is 10.2. The molecule has 4 rings (SSSR count). The molecule has 11 N–H and O–H groups in total. The SMILES string of the molecule is CN(C)[C@@H]1C(=O)C(C(N)=O)C(=O)[C@@]2(C#N)C(=O)C3C(=O)c4c(ccc(NC(=O)OCCBr)c4O)[C@H](N)[C@@]3(N)[C@H](O)[C@@]12N. The molecule has 3 aliphatic rings. The second-order valence-electron chi connectivity index (χ2n) is 10.7. The molecule has 16 nitrogen and oxygen atoms in total. The Hall–Kier alpha value is -3.79. The Labute approximate surface area is 246 Å². The highest BCUT2D eigenvalue weighted by Crippen LogP contribution is 2.58. The molecule has 0 radical (unpaired) electrons. The van der Waals surface area contributed by atoms with Crippen LogP contribution in [0.3, 0.4) is 0 Å². The van der Waals surface area contributed by atoms with Crippen LogP contribution in [0.5, 0.6) is 5.75 Å². The van der Waals surface area contributed by atoms with E-state index in [9.17, 15) is 44.2 Å². The third-order valence-electron chi connectivity index (χ3n) is 8.45. The number of aromatic hydroxyl groups is 1. The number of Topliss-reactive ketones (excluding diaryl/α,β-unsaturated/α-hetero) is 4. The van der Waals surface area contributed by atoms with Crippen molar-refractivity contribution in [1.82, 2.24) is 4.90 Å². The zero-order valence-electron chi connectivity index (χ0n) is 22.3. The number of phenolic OH excluding ortho intramolecular Hbond substituents is 1. The summed E-state index contributed by atoms with van der Waals surface area (Å²) in [5.41, 5.74) is 15.4. The molecule has 0 saturated heterocycles. The predicted molar refractivity (Wildman–Crippen MR) is 145 cm³/mol. The number of nitrogens with zero attached hydrogens (tertiary/aromatic N) is 2. The van der Waals surface area contributed by atoms with Gasteiger partial charge in [-0.3, -0.25) is 34.2 Å². The summed E-state index contributed by atoms with van der Waals surface area (Å²) < 4.78 is 4.87. The van der Waals surface area contributed by atoms with Crippen LogP contribution in [-0.2, 0) is 23.9 Å². The largest absolute Gasteiger partial charge is 0.505 e. The van der Waals surface area contributed by atoms with Crippen LogP contribution < -0.4 is 28.3 Å². The average molecular weight is 650 g/mol. The van der Waals surface area contributed by atoms with E-state index in [2.05, 4.69) is 21.2 Å². The Morgan fingerprint density at radius 2 is 1.81 bits per heavy atom. The number of carbonyl (C=O) groups is 6. The number of ether oxygens (including phenoxy) is 1. The minimum absolute atomic E-state index is 0.0284. The van der Waals surface area contributed by atoms with Crippen molar-refractivity contribution in [2.75, 3.05) is 31.3 Å². The number of aliphatic hydroxyl groups is 1. The maximum absolute atomic E-state index is 14.4. The first-order chi connectivity index (χ1) is 19.5. The van der Waals surface area contributed by atoms with Gasteiger partial charge in [-0.25, -0.2) is 4.79 Å². The van der Waals surface area contributed by atoms with Crippen LogP contribution >= 0.6 is 15.9 Å². The first-order valence-electron chi connectivity index (χ1n) is 12.4. The molecule has 42 heavy (non-hydrogen) atoms. The van der Waals surface area contributed by atoms with Crippen LogP contribution in [0.2, 0.25) is 0 Å².